The molecule has 0 spiro atoms. The van der Waals surface area contributed by atoms with E-state index < -0.39 is 175 Å². The van der Waals surface area contributed by atoms with Crippen molar-refractivity contribution in [1.29, 1.82) is 0 Å². The molecule has 4 aliphatic heterocycles. The molecular formula is C102H159N21O25. The van der Waals surface area contributed by atoms with Crippen LogP contribution in [0.25, 0.3) is 10.9 Å². The van der Waals surface area contributed by atoms with Gasteiger partial charge < -0.3 is 126 Å². The van der Waals surface area contributed by atoms with Crippen LogP contribution in [-0.4, -0.2) is 323 Å². The van der Waals surface area contributed by atoms with Gasteiger partial charge in [-0.05, 0) is 147 Å². The van der Waals surface area contributed by atoms with Crippen LogP contribution in [0, 0.1) is 0 Å². The van der Waals surface area contributed by atoms with Gasteiger partial charge in [0.25, 0.3) is 0 Å². The summed E-state index contributed by atoms with van der Waals surface area (Å²) in [4.78, 5) is 264. The number of Topliss-reactive ketones (excluding diaryl/α,β-unsaturated/α-hetero) is 1. The Hall–Kier alpha value is -13.4. The number of benzene rings is 2. The number of rotatable bonds is 61. The molecule has 0 bridgehead atoms. The lowest BCUT2D eigenvalue weighted by Crippen LogP contribution is -2.60. The Kier molecular flexibility index (Phi) is 59.6. The van der Waals surface area contributed by atoms with Gasteiger partial charge in [0.05, 0.1) is 51.4 Å². The Morgan fingerprint density at radius 2 is 1.09 bits per heavy atom. The highest BCUT2D eigenvalue weighted by atomic mass is 16.5. The van der Waals surface area contributed by atoms with E-state index in [0.717, 1.165) is 49.4 Å². The van der Waals surface area contributed by atoms with Gasteiger partial charge in [0.1, 0.15) is 61.0 Å². The van der Waals surface area contributed by atoms with Crippen molar-refractivity contribution in [3.63, 3.8) is 0 Å². The first-order valence-corrected chi connectivity index (χ1v) is 51.4. The van der Waals surface area contributed by atoms with Gasteiger partial charge in [0.2, 0.25) is 82.7 Å². The molecule has 0 unspecified atom stereocenters. The zero-order valence-corrected chi connectivity index (χ0v) is 85.0. The van der Waals surface area contributed by atoms with Crippen LogP contribution in [0.1, 0.15) is 257 Å². The largest absolute Gasteiger partial charge is 0.481 e. The number of aromatic amines is 1. The molecule has 3 aromatic rings. The number of ketones is 1. The second-order valence-electron chi connectivity index (χ2n) is 37.4. The number of primary amides is 1. The fourth-order valence-corrected chi connectivity index (χ4v) is 17.7. The minimum atomic E-state index is -1.39. The maximum Gasteiger partial charge on any atom is 0.317 e. The Morgan fingerprint density at radius 1 is 0.541 bits per heavy atom. The number of aliphatic carboxylic acids is 4. The fraction of sp³-hybridized carbons (Fsp3) is 0.637. The second kappa shape index (κ2) is 70.5. The van der Waals surface area contributed by atoms with E-state index in [9.17, 15) is 86.3 Å². The van der Waals surface area contributed by atoms with Gasteiger partial charge >= 0.3 is 23.9 Å². The lowest BCUT2D eigenvalue weighted by atomic mass is 10.0. The molecule has 2 aromatic carbocycles. The highest BCUT2D eigenvalue weighted by molar-refractivity contribution is 6.00. The van der Waals surface area contributed by atoms with Crippen molar-refractivity contribution < 1.29 is 121 Å². The van der Waals surface area contributed by atoms with Gasteiger partial charge in [0, 0.05) is 120 Å². The van der Waals surface area contributed by atoms with E-state index in [2.05, 4.69) is 78.8 Å². The van der Waals surface area contributed by atoms with Crippen LogP contribution >= 0.6 is 0 Å². The third kappa shape index (κ3) is 49.4. The first-order chi connectivity index (χ1) is 70.5. The van der Waals surface area contributed by atoms with Crippen molar-refractivity contribution >= 4 is 135 Å². The highest BCUT2D eigenvalue weighted by Crippen LogP contribution is 2.28. The van der Waals surface area contributed by atoms with Crippen molar-refractivity contribution in [3.8, 4) is 0 Å². The Labute approximate surface area is 864 Å². The number of aliphatic imine (C=N–C) groups is 2. The predicted octanol–water partition coefficient (Wildman–Crippen LogP) is 2.49. The SMILES string of the molecule is C.CC(=O)N[C@H]1CCC(=O)NCCC[C@@H](C(=O)N2CCC[C@H]2C(=O)N2CCC[C@H]2C(C)=O)NC(=O)[C@H](Cc2c[nH]c3ccccc23)NC(=O)[C@H](CCCN=C(N)N)NC(=O)[C@@H](Cc2ccccc2)NC(=O)[C@H](CC2=CCC=N2)NC1=O.CN[C@@H](CC(=O)O)C(=O)N[C@@H](CCCCN(CC(=O)O)CC(=O)O)C(=O)N[C@@H](CCCCNC(=O)COCCOCCNC(=O)CCCCCCCCCCCCCCCCC(=O)O)C(N)=O. The third-order valence-corrected chi connectivity index (χ3v) is 25.5. The monoisotopic (exact) mass is 2080 g/mol. The molecule has 0 saturated carbocycles. The normalized spacial score (nSPS) is 19.1. The standard InChI is InChI=1S/C56H74N14O10.C45H81N7O15.CH4/c1-33(71)46-20-11-27-69(46)55(80)47-21-12-28-70(47)54(79)42-19-10-25-60-48(73)23-22-41(63-34(2)72)50(75)68-45(31-37-15-8-24-59-37)53(78)66-43(29-35-13-4-3-5-14-35)51(76)64-40(18-9-26-61-56(57)58)49(74)67-44(52(77)65-42)30-36-32-62-39-17-7-6-16-38(36)39;1-47-36(30-40(57)58)45(65)51-35(21-17-19-26-52(31-41(59)60)32-42(61)62)44(64)50-34(43(46)63)20-16-18-24-48-38(54)33-67-29-28-66-27-25-49-37(53)22-14-12-10-8-6-4-2-3-5-7-9-11-13-15-23-39(55)56;/h3-7,13-17,24,32,40-47,62H,8-12,18-23,25-31H2,1-2H3,(H,60,73)(H,63,72)(H,64,76)(H,65,77)(H,66,78)(H,67,74)(H,68,75)(H4,57,58,61);34-36,47H,2-33H2,1H3,(H2,46,63)(H,48,54)(H,49,53)(H,50,64)(H,51,65)(H,55,56)(H,57,58)(H,59,60)(H,61,62);1H4/t40-,41-,42-,43+,44-,45-,46-,47-;34-,35-,36-;/m00./s1. The average molecular weight is 2080 g/mol. The number of guanidine groups is 1. The van der Waals surface area contributed by atoms with Crippen LogP contribution in [0.5, 0.6) is 0 Å². The molecule has 3 fully saturated rings. The molecule has 11 atom stereocenters. The molecule has 1 aromatic heterocycles. The summed E-state index contributed by atoms with van der Waals surface area (Å²) >= 11 is 0. The first kappa shape index (κ1) is 125. The molecule has 3 saturated heterocycles. The number of hydrogen-bond donors (Lipinski definition) is 20. The van der Waals surface area contributed by atoms with Crippen molar-refractivity contribution in [2.24, 2.45) is 27.2 Å². The summed E-state index contributed by atoms with van der Waals surface area (Å²) in [6.07, 6.45) is 24.3. The molecule has 14 amide bonds. The molecule has 46 heteroatoms. The van der Waals surface area contributed by atoms with Crippen molar-refractivity contribution in [2.75, 3.05) is 92.4 Å². The van der Waals surface area contributed by atoms with E-state index in [1.807, 2.05) is 24.3 Å². The number of likely N-dealkylation sites (N-methyl/N-ethyl adjacent to an activating group) is 1. The van der Waals surface area contributed by atoms with Crippen LogP contribution in [-0.2, 0) is 113 Å². The number of carbonyl (C=O) groups is 19. The zero-order chi connectivity index (χ0) is 107. The van der Waals surface area contributed by atoms with Crippen LogP contribution < -0.4 is 81.0 Å². The highest BCUT2D eigenvalue weighted by Gasteiger charge is 2.44. The van der Waals surface area contributed by atoms with E-state index in [-0.39, 0.29) is 179 Å². The summed E-state index contributed by atoms with van der Waals surface area (Å²) < 4.78 is 10.8. The summed E-state index contributed by atoms with van der Waals surface area (Å²) in [6, 6.07) is 3.03. The van der Waals surface area contributed by atoms with Crippen LogP contribution in [0.2, 0.25) is 0 Å². The second-order valence-corrected chi connectivity index (χ2v) is 37.4. The van der Waals surface area contributed by atoms with Crippen LogP contribution in [0.15, 0.2) is 82.6 Å². The quantitative estimate of drug-likeness (QED) is 0.0219. The minimum absolute atomic E-state index is 0. The Bertz CT molecular complexity index is 4860. The number of allylic oxidation sites excluding steroid dienone is 1. The molecule has 46 nitrogen and oxygen atoms in total. The number of ether oxygens (including phenoxy) is 2. The van der Waals surface area contributed by atoms with Crippen molar-refractivity contribution in [3.05, 3.63) is 83.7 Å². The number of carboxylic acids is 4. The zero-order valence-electron chi connectivity index (χ0n) is 85.0. The van der Waals surface area contributed by atoms with Gasteiger partial charge in [-0.3, -0.25) is 106 Å². The molecule has 23 N–H and O–H groups in total. The fourth-order valence-electron chi connectivity index (χ4n) is 17.7. The van der Waals surface area contributed by atoms with Gasteiger partial charge in [-0.1, -0.05) is 139 Å². The molecule has 4 aliphatic rings. The van der Waals surface area contributed by atoms with Crippen LogP contribution in [0.4, 0.5) is 0 Å². The molecule has 7 rings (SSSR count). The summed E-state index contributed by atoms with van der Waals surface area (Å²) in [6.45, 7) is 3.42. The number of fused-ring (bicyclic) bond motifs is 1. The van der Waals surface area contributed by atoms with Gasteiger partial charge in [-0.2, -0.15) is 0 Å². The number of carbonyl (C=O) groups excluding carboxylic acids is 15. The van der Waals surface area contributed by atoms with E-state index in [1.165, 1.54) is 87.0 Å². The number of hydrogen-bond acceptors (Lipinski definition) is 25. The summed E-state index contributed by atoms with van der Waals surface area (Å²) in [5, 5.41) is 69.3. The number of amides is 14. The lowest BCUT2D eigenvalue weighted by Gasteiger charge is -2.33. The van der Waals surface area contributed by atoms with Gasteiger partial charge in [0.15, 0.2) is 11.7 Å². The summed E-state index contributed by atoms with van der Waals surface area (Å²) in [5.74, 6) is -13.5. The molecule has 822 valence electrons. The topological polar surface area (TPSA) is 696 Å². The minimum Gasteiger partial charge on any atom is -0.481 e. The summed E-state index contributed by atoms with van der Waals surface area (Å²) in [7, 11) is 1.37. The third-order valence-electron chi connectivity index (χ3n) is 25.5. The van der Waals surface area contributed by atoms with E-state index >= 15 is 4.79 Å². The van der Waals surface area contributed by atoms with E-state index in [1.54, 1.807) is 48.8 Å². The number of aromatic nitrogens is 1. The molecule has 5 heterocycles. The average Bonchev–Trinajstić information content (AvgIpc) is 1.64. The number of likely N-dealkylation sites (tertiary alicyclic amines) is 2. The first-order valence-electron chi connectivity index (χ1n) is 51.4. The Balaban J connectivity index is 0.000000527. The lowest BCUT2D eigenvalue weighted by molar-refractivity contribution is -0.147. The van der Waals surface area contributed by atoms with E-state index in [4.69, 9.17) is 47.1 Å². The van der Waals surface area contributed by atoms with E-state index in [0.29, 0.717) is 87.9 Å². The number of carboxylic acid groups (broad SMARTS) is 4. The number of para-hydroxylation sites is 1. The maximum atomic E-state index is 15.1. The number of nitrogens with one attached hydrogen (secondary N) is 13. The summed E-state index contributed by atoms with van der Waals surface area (Å²) in [5.41, 5.74) is 19.3. The van der Waals surface area contributed by atoms with Crippen LogP contribution in [0.3, 0.4) is 0 Å². The number of nitrogens with zero attached hydrogens (tertiary/aromatic N) is 5. The number of unbranched alkanes of at least 4 members (excludes halogenated alkanes) is 15. The predicted molar refractivity (Wildman–Crippen MR) is 550 cm³/mol. The number of H-pyrrole nitrogens is 1. The molecular weight excluding hydrogens is 1920 g/mol. The van der Waals surface area contributed by atoms with Gasteiger partial charge in [-0.25, -0.2) is 0 Å². The Morgan fingerprint density at radius 3 is 1.70 bits per heavy atom. The van der Waals surface area contributed by atoms with Crippen molar-refractivity contribution in [1.82, 2.24) is 83.5 Å². The molecule has 0 aliphatic carbocycles. The van der Waals surface area contributed by atoms with Gasteiger partial charge in [-0.15, -0.1) is 0 Å². The maximum absolute atomic E-state index is 15.1. The van der Waals surface area contributed by atoms with Crippen molar-refractivity contribution in [2.45, 2.75) is 325 Å². The molecule has 148 heavy (non-hydrogen) atoms. The number of nitrogens with two attached hydrogens (primary N) is 3. The molecule has 0 radical (unpaired) electrons. The smallest absolute Gasteiger partial charge is 0.317 e.